The Labute approximate surface area is 99.9 Å². The highest BCUT2D eigenvalue weighted by Gasteiger charge is 2.33. The third-order valence-corrected chi connectivity index (χ3v) is 3.15. The summed E-state index contributed by atoms with van der Waals surface area (Å²) >= 11 is 1.04. The normalized spacial score (nSPS) is 11.7. The molecule has 2 aromatic heterocycles. The van der Waals surface area contributed by atoms with Crippen molar-refractivity contribution in [3.8, 4) is 0 Å². The first kappa shape index (κ1) is 11.9. The SMILES string of the molecule is Nc1ncccc1Cc1cscc1C(F)(F)F. The molecule has 2 heterocycles. The lowest BCUT2D eigenvalue weighted by Crippen LogP contribution is -2.07. The van der Waals surface area contributed by atoms with Crippen molar-refractivity contribution in [2.24, 2.45) is 0 Å². The molecule has 0 aliphatic rings. The second-order valence-electron chi connectivity index (χ2n) is 3.53. The minimum Gasteiger partial charge on any atom is -0.383 e. The van der Waals surface area contributed by atoms with E-state index in [1.807, 2.05) is 0 Å². The number of halogens is 3. The van der Waals surface area contributed by atoms with E-state index in [-0.39, 0.29) is 17.8 Å². The standard InChI is InChI=1S/C11H9F3N2S/c12-11(13,14)9-6-17-5-8(9)4-7-2-1-3-16-10(7)15/h1-3,5-6H,4H2,(H2,15,16). The van der Waals surface area contributed by atoms with Gasteiger partial charge in [0.1, 0.15) is 5.82 Å². The van der Waals surface area contributed by atoms with Crippen LogP contribution in [0, 0.1) is 0 Å². The van der Waals surface area contributed by atoms with Crippen molar-refractivity contribution in [2.75, 3.05) is 5.73 Å². The molecule has 2 nitrogen and oxygen atoms in total. The molecule has 0 radical (unpaired) electrons. The average molecular weight is 258 g/mol. The van der Waals surface area contributed by atoms with E-state index in [0.29, 0.717) is 5.56 Å². The lowest BCUT2D eigenvalue weighted by molar-refractivity contribution is -0.137. The van der Waals surface area contributed by atoms with Gasteiger partial charge >= 0.3 is 6.18 Å². The first-order valence-electron chi connectivity index (χ1n) is 4.80. The number of alkyl halides is 3. The van der Waals surface area contributed by atoms with Gasteiger partial charge in [0.25, 0.3) is 0 Å². The van der Waals surface area contributed by atoms with E-state index in [2.05, 4.69) is 4.98 Å². The minimum absolute atomic E-state index is 0.151. The zero-order valence-corrected chi connectivity index (χ0v) is 9.48. The molecule has 0 spiro atoms. The zero-order chi connectivity index (χ0) is 12.5. The minimum atomic E-state index is -4.31. The van der Waals surface area contributed by atoms with Crippen molar-refractivity contribution in [3.05, 3.63) is 45.8 Å². The molecule has 0 bridgehead atoms. The monoisotopic (exact) mass is 258 g/mol. The molecule has 0 saturated carbocycles. The summed E-state index contributed by atoms with van der Waals surface area (Å²) in [7, 11) is 0. The second-order valence-corrected chi connectivity index (χ2v) is 4.28. The molecular formula is C11H9F3N2S. The first-order valence-corrected chi connectivity index (χ1v) is 5.74. The molecule has 0 aromatic carbocycles. The van der Waals surface area contributed by atoms with Gasteiger partial charge in [0.05, 0.1) is 5.56 Å². The lowest BCUT2D eigenvalue weighted by Gasteiger charge is -2.08. The molecular weight excluding hydrogens is 249 g/mol. The highest BCUT2D eigenvalue weighted by molar-refractivity contribution is 7.08. The van der Waals surface area contributed by atoms with Crippen molar-refractivity contribution in [1.82, 2.24) is 4.98 Å². The number of rotatable bonds is 2. The molecule has 0 amide bonds. The van der Waals surface area contributed by atoms with E-state index < -0.39 is 11.7 Å². The number of thiophene rings is 1. The Hall–Kier alpha value is -1.56. The van der Waals surface area contributed by atoms with Crippen LogP contribution in [0.25, 0.3) is 0 Å². The van der Waals surface area contributed by atoms with Gasteiger partial charge in [-0.25, -0.2) is 4.98 Å². The maximum atomic E-state index is 12.6. The smallest absolute Gasteiger partial charge is 0.383 e. The lowest BCUT2D eigenvalue weighted by atomic mass is 10.0. The van der Waals surface area contributed by atoms with Gasteiger partial charge in [-0.2, -0.15) is 24.5 Å². The van der Waals surface area contributed by atoms with Gasteiger partial charge in [-0.3, -0.25) is 0 Å². The third kappa shape index (κ3) is 2.58. The van der Waals surface area contributed by atoms with Crippen LogP contribution in [0.5, 0.6) is 0 Å². The van der Waals surface area contributed by atoms with Crippen LogP contribution in [0.2, 0.25) is 0 Å². The van der Waals surface area contributed by atoms with Crippen LogP contribution in [-0.4, -0.2) is 4.98 Å². The number of hydrogen-bond acceptors (Lipinski definition) is 3. The topological polar surface area (TPSA) is 38.9 Å². The zero-order valence-electron chi connectivity index (χ0n) is 8.66. The van der Waals surface area contributed by atoms with E-state index >= 15 is 0 Å². The number of nitrogens with two attached hydrogens (primary N) is 1. The number of pyridine rings is 1. The van der Waals surface area contributed by atoms with Gasteiger partial charge in [0.15, 0.2) is 0 Å². The molecule has 2 aromatic rings. The van der Waals surface area contributed by atoms with Gasteiger partial charge in [-0.05, 0) is 22.6 Å². The summed E-state index contributed by atoms with van der Waals surface area (Å²) in [5, 5.41) is 2.61. The Morgan fingerprint density at radius 1 is 1.24 bits per heavy atom. The van der Waals surface area contributed by atoms with Crippen LogP contribution in [-0.2, 0) is 12.6 Å². The third-order valence-electron chi connectivity index (χ3n) is 2.35. The van der Waals surface area contributed by atoms with Crippen molar-refractivity contribution < 1.29 is 13.2 Å². The summed E-state index contributed by atoms with van der Waals surface area (Å²) in [4.78, 5) is 3.85. The van der Waals surface area contributed by atoms with Crippen molar-refractivity contribution in [1.29, 1.82) is 0 Å². The van der Waals surface area contributed by atoms with Gasteiger partial charge in [0, 0.05) is 18.0 Å². The number of nitrogen functional groups attached to an aromatic ring is 1. The van der Waals surface area contributed by atoms with Crippen LogP contribution >= 0.6 is 11.3 Å². The Kier molecular flexibility index (Phi) is 3.06. The van der Waals surface area contributed by atoms with Crippen molar-refractivity contribution >= 4 is 17.2 Å². The highest BCUT2D eigenvalue weighted by Crippen LogP contribution is 2.35. The fraction of sp³-hybridized carbons (Fsp3) is 0.182. The van der Waals surface area contributed by atoms with Gasteiger partial charge in [-0.15, -0.1) is 0 Å². The number of nitrogens with zero attached hydrogens (tertiary/aromatic N) is 1. The van der Waals surface area contributed by atoms with E-state index in [1.165, 1.54) is 11.6 Å². The van der Waals surface area contributed by atoms with Gasteiger partial charge < -0.3 is 5.73 Å². The molecule has 0 fully saturated rings. The van der Waals surface area contributed by atoms with Gasteiger partial charge in [-0.1, -0.05) is 6.07 Å². The second kappa shape index (κ2) is 4.37. The fourth-order valence-electron chi connectivity index (χ4n) is 1.51. The summed E-state index contributed by atoms with van der Waals surface area (Å²) < 4.78 is 37.9. The molecule has 0 aliphatic heterocycles. The Bertz CT molecular complexity index is 519. The highest BCUT2D eigenvalue weighted by atomic mass is 32.1. The van der Waals surface area contributed by atoms with Gasteiger partial charge in [0.2, 0.25) is 0 Å². The maximum Gasteiger partial charge on any atom is 0.417 e. The van der Waals surface area contributed by atoms with E-state index in [9.17, 15) is 13.2 Å². The first-order chi connectivity index (χ1) is 7.98. The molecule has 0 aliphatic carbocycles. The number of hydrogen-bond donors (Lipinski definition) is 1. The molecule has 0 unspecified atom stereocenters. The average Bonchev–Trinajstić information content (AvgIpc) is 2.69. The Morgan fingerprint density at radius 2 is 2.00 bits per heavy atom. The quantitative estimate of drug-likeness (QED) is 0.897. The molecule has 2 N–H and O–H groups in total. The molecule has 90 valence electrons. The Morgan fingerprint density at radius 3 is 2.65 bits per heavy atom. The summed E-state index contributed by atoms with van der Waals surface area (Å²) in [6, 6.07) is 3.34. The van der Waals surface area contributed by atoms with Crippen LogP contribution in [0.4, 0.5) is 19.0 Å². The summed E-state index contributed by atoms with van der Waals surface area (Å²) in [6.07, 6.45) is -2.65. The summed E-state index contributed by atoms with van der Waals surface area (Å²) in [5.74, 6) is 0.270. The van der Waals surface area contributed by atoms with Crippen LogP contribution in [0.3, 0.4) is 0 Å². The fourth-order valence-corrected chi connectivity index (χ4v) is 2.38. The van der Waals surface area contributed by atoms with E-state index in [4.69, 9.17) is 5.73 Å². The predicted molar refractivity (Wildman–Crippen MR) is 60.8 cm³/mol. The van der Waals surface area contributed by atoms with Crippen LogP contribution < -0.4 is 5.73 Å². The van der Waals surface area contributed by atoms with Crippen LogP contribution in [0.1, 0.15) is 16.7 Å². The summed E-state index contributed by atoms with van der Waals surface area (Å²) in [6.45, 7) is 0. The largest absolute Gasteiger partial charge is 0.417 e. The van der Waals surface area contributed by atoms with Crippen LogP contribution in [0.15, 0.2) is 29.1 Å². The molecule has 0 atom stereocenters. The molecule has 6 heteroatoms. The molecule has 17 heavy (non-hydrogen) atoms. The van der Waals surface area contributed by atoms with E-state index in [0.717, 1.165) is 16.7 Å². The summed E-state index contributed by atoms with van der Waals surface area (Å²) in [5.41, 5.74) is 5.86. The maximum absolute atomic E-state index is 12.6. The predicted octanol–water partition coefficient (Wildman–Crippen LogP) is 3.33. The van der Waals surface area contributed by atoms with Crippen molar-refractivity contribution in [2.45, 2.75) is 12.6 Å². The van der Waals surface area contributed by atoms with E-state index in [1.54, 1.807) is 12.1 Å². The number of anilines is 1. The number of aromatic nitrogens is 1. The van der Waals surface area contributed by atoms with Crippen molar-refractivity contribution in [3.63, 3.8) is 0 Å². The Balaban J connectivity index is 2.32. The molecule has 2 rings (SSSR count). The molecule has 0 saturated heterocycles.